The molecule has 0 aliphatic rings. The fourth-order valence-corrected chi connectivity index (χ4v) is 1.84. The minimum atomic E-state index is -0.113. The first-order chi connectivity index (χ1) is 9.63. The molecule has 0 radical (unpaired) electrons. The summed E-state index contributed by atoms with van der Waals surface area (Å²) in [6.45, 7) is 1.47. The van der Waals surface area contributed by atoms with Crippen LogP contribution in [0.1, 0.15) is 6.92 Å². The highest BCUT2D eigenvalue weighted by Crippen LogP contribution is 2.15. The van der Waals surface area contributed by atoms with Crippen molar-refractivity contribution in [3.63, 3.8) is 0 Å². The Morgan fingerprint density at radius 3 is 2.35 bits per heavy atom. The van der Waals surface area contributed by atoms with Gasteiger partial charge in [0.2, 0.25) is 5.91 Å². The summed E-state index contributed by atoms with van der Waals surface area (Å²) in [6.07, 6.45) is 3.38. The van der Waals surface area contributed by atoms with E-state index in [0.29, 0.717) is 10.8 Å². The van der Waals surface area contributed by atoms with Crippen LogP contribution in [0.15, 0.2) is 48.8 Å². The molecule has 3 N–H and O–H groups in total. The van der Waals surface area contributed by atoms with Gasteiger partial charge in [-0.3, -0.25) is 9.78 Å². The molecule has 1 amide bonds. The Balaban J connectivity index is 1.99. The SMILES string of the molecule is CC(=O)Nc1cccc(NC(=S)Nc2cccnc2)c1. The number of pyridine rings is 1. The van der Waals surface area contributed by atoms with Crippen LogP contribution in [0.3, 0.4) is 0 Å². The Labute approximate surface area is 122 Å². The molecule has 0 saturated heterocycles. The molecule has 0 aliphatic carbocycles. The predicted molar refractivity (Wildman–Crippen MR) is 84.8 cm³/mol. The second-order valence-electron chi connectivity index (χ2n) is 4.08. The van der Waals surface area contributed by atoms with Crippen molar-refractivity contribution in [2.75, 3.05) is 16.0 Å². The smallest absolute Gasteiger partial charge is 0.221 e. The molecule has 2 rings (SSSR count). The molecule has 0 atom stereocenters. The van der Waals surface area contributed by atoms with Crippen molar-refractivity contribution in [2.45, 2.75) is 6.92 Å². The number of anilines is 3. The van der Waals surface area contributed by atoms with Crippen molar-refractivity contribution in [1.82, 2.24) is 4.98 Å². The summed E-state index contributed by atoms with van der Waals surface area (Å²) in [5.74, 6) is -0.113. The predicted octanol–water partition coefficient (Wildman–Crippen LogP) is 2.85. The number of thiocarbonyl (C=S) groups is 1. The van der Waals surface area contributed by atoms with Crippen LogP contribution >= 0.6 is 12.2 Å². The maximum atomic E-state index is 11.0. The van der Waals surface area contributed by atoms with Crippen molar-refractivity contribution in [3.8, 4) is 0 Å². The van der Waals surface area contributed by atoms with E-state index in [-0.39, 0.29) is 5.91 Å². The maximum absolute atomic E-state index is 11.0. The van der Waals surface area contributed by atoms with E-state index >= 15 is 0 Å². The van der Waals surface area contributed by atoms with Crippen molar-refractivity contribution in [1.29, 1.82) is 0 Å². The molecule has 0 unspecified atom stereocenters. The van der Waals surface area contributed by atoms with Gasteiger partial charge in [-0.1, -0.05) is 6.07 Å². The van der Waals surface area contributed by atoms with Gasteiger partial charge < -0.3 is 16.0 Å². The van der Waals surface area contributed by atoms with Gasteiger partial charge in [-0.05, 0) is 42.5 Å². The number of benzene rings is 1. The van der Waals surface area contributed by atoms with Gasteiger partial charge in [0.05, 0.1) is 11.9 Å². The highest BCUT2D eigenvalue weighted by molar-refractivity contribution is 7.80. The van der Waals surface area contributed by atoms with Crippen LogP contribution in [0.2, 0.25) is 0 Å². The zero-order valence-corrected chi connectivity index (χ0v) is 11.7. The third kappa shape index (κ3) is 4.33. The monoisotopic (exact) mass is 286 g/mol. The highest BCUT2D eigenvalue weighted by atomic mass is 32.1. The lowest BCUT2D eigenvalue weighted by Crippen LogP contribution is -2.19. The number of rotatable bonds is 3. The molecular weight excluding hydrogens is 272 g/mol. The van der Waals surface area contributed by atoms with E-state index < -0.39 is 0 Å². The van der Waals surface area contributed by atoms with Gasteiger partial charge in [-0.15, -0.1) is 0 Å². The fourth-order valence-electron chi connectivity index (χ4n) is 1.61. The Hall–Kier alpha value is -2.47. The molecule has 5 nitrogen and oxygen atoms in total. The third-order valence-electron chi connectivity index (χ3n) is 2.36. The van der Waals surface area contributed by atoms with Crippen molar-refractivity contribution in [3.05, 3.63) is 48.8 Å². The third-order valence-corrected chi connectivity index (χ3v) is 2.56. The van der Waals surface area contributed by atoms with E-state index in [1.165, 1.54) is 6.92 Å². The van der Waals surface area contributed by atoms with Gasteiger partial charge in [0.25, 0.3) is 0 Å². The van der Waals surface area contributed by atoms with Crippen LogP contribution in [0.4, 0.5) is 17.1 Å². The van der Waals surface area contributed by atoms with Crippen LogP contribution in [-0.2, 0) is 4.79 Å². The van der Waals surface area contributed by atoms with E-state index in [4.69, 9.17) is 12.2 Å². The molecule has 1 heterocycles. The van der Waals surface area contributed by atoms with Gasteiger partial charge in [0, 0.05) is 24.5 Å². The number of amides is 1. The van der Waals surface area contributed by atoms with Crippen molar-refractivity contribution >= 4 is 40.3 Å². The van der Waals surface area contributed by atoms with Gasteiger partial charge in [-0.2, -0.15) is 0 Å². The lowest BCUT2D eigenvalue weighted by Gasteiger charge is -2.11. The normalized spacial score (nSPS) is 9.65. The summed E-state index contributed by atoms with van der Waals surface area (Å²) in [5, 5.41) is 9.24. The van der Waals surface area contributed by atoms with Crippen LogP contribution in [0.5, 0.6) is 0 Å². The van der Waals surface area contributed by atoms with E-state index in [9.17, 15) is 4.79 Å². The molecule has 0 saturated carbocycles. The lowest BCUT2D eigenvalue weighted by atomic mass is 10.3. The Kier molecular flexibility index (Phi) is 4.62. The Morgan fingerprint density at radius 1 is 1.05 bits per heavy atom. The number of hydrogen-bond acceptors (Lipinski definition) is 3. The average molecular weight is 286 g/mol. The van der Waals surface area contributed by atoms with Crippen LogP contribution < -0.4 is 16.0 Å². The molecule has 20 heavy (non-hydrogen) atoms. The number of aromatic nitrogens is 1. The van der Waals surface area contributed by atoms with Crippen LogP contribution in [0, 0.1) is 0 Å². The first kappa shape index (κ1) is 14.0. The average Bonchev–Trinajstić information content (AvgIpc) is 2.39. The molecule has 1 aromatic heterocycles. The molecule has 0 spiro atoms. The molecule has 0 bridgehead atoms. The van der Waals surface area contributed by atoms with E-state index in [0.717, 1.165) is 11.4 Å². The zero-order valence-electron chi connectivity index (χ0n) is 10.9. The number of nitrogens with zero attached hydrogens (tertiary/aromatic N) is 1. The summed E-state index contributed by atoms with van der Waals surface area (Å²) < 4.78 is 0. The number of carbonyl (C=O) groups is 1. The molecule has 2 aromatic rings. The summed E-state index contributed by atoms with van der Waals surface area (Å²) >= 11 is 5.21. The molecular formula is C14H14N4OS. The first-order valence-electron chi connectivity index (χ1n) is 5.99. The van der Waals surface area contributed by atoms with Crippen molar-refractivity contribution in [2.24, 2.45) is 0 Å². The fraction of sp³-hybridized carbons (Fsp3) is 0.0714. The zero-order chi connectivity index (χ0) is 14.4. The quantitative estimate of drug-likeness (QED) is 0.757. The Bertz CT molecular complexity index is 616. The number of nitrogens with one attached hydrogen (secondary N) is 3. The minimum absolute atomic E-state index is 0.113. The topological polar surface area (TPSA) is 66.1 Å². The largest absolute Gasteiger partial charge is 0.332 e. The molecule has 0 aliphatic heterocycles. The van der Waals surface area contributed by atoms with E-state index in [1.54, 1.807) is 18.5 Å². The summed E-state index contributed by atoms with van der Waals surface area (Å²) in [6, 6.07) is 11.0. The second kappa shape index (κ2) is 6.63. The molecule has 6 heteroatoms. The summed E-state index contributed by atoms with van der Waals surface area (Å²) in [7, 11) is 0. The van der Waals surface area contributed by atoms with Gasteiger partial charge in [0.15, 0.2) is 5.11 Å². The number of hydrogen-bond donors (Lipinski definition) is 3. The highest BCUT2D eigenvalue weighted by Gasteiger charge is 2.01. The van der Waals surface area contributed by atoms with Gasteiger partial charge in [-0.25, -0.2) is 0 Å². The Morgan fingerprint density at radius 2 is 1.70 bits per heavy atom. The van der Waals surface area contributed by atoms with Gasteiger partial charge in [0.1, 0.15) is 0 Å². The minimum Gasteiger partial charge on any atom is -0.332 e. The second-order valence-corrected chi connectivity index (χ2v) is 4.49. The molecule has 102 valence electrons. The summed E-state index contributed by atoms with van der Waals surface area (Å²) in [4.78, 5) is 15.0. The first-order valence-corrected chi connectivity index (χ1v) is 6.40. The van der Waals surface area contributed by atoms with E-state index in [2.05, 4.69) is 20.9 Å². The molecule has 1 aromatic carbocycles. The maximum Gasteiger partial charge on any atom is 0.221 e. The summed E-state index contributed by atoms with van der Waals surface area (Å²) in [5.41, 5.74) is 2.31. The van der Waals surface area contributed by atoms with Crippen LogP contribution in [0.25, 0.3) is 0 Å². The number of carbonyl (C=O) groups excluding carboxylic acids is 1. The molecule has 0 fully saturated rings. The lowest BCUT2D eigenvalue weighted by molar-refractivity contribution is -0.114. The van der Waals surface area contributed by atoms with Gasteiger partial charge >= 0.3 is 0 Å². The van der Waals surface area contributed by atoms with Crippen LogP contribution in [-0.4, -0.2) is 16.0 Å². The van der Waals surface area contributed by atoms with E-state index in [1.807, 2.05) is 30.3 Å². The van der Waals surface area contributed by atoms with Crippen molar-refractivity contribution < 1.29 is 4.79 Å². The standard InChI is InChI=1S/C14H14N4OS/c1-10(19)16-11-4-2-5-12(8-11)17-14(20)18-13-6-3-7-15-9-13/h2-9H,1H3,(H,16,19)(H2,17,18,20).